The molecule has 1 aliphatic heterocycles. The quantitative estimate of drug-likeness (QED) is 0.296. The number of esters is 4. The molecule has 0 fully saturated rings. The lowest BCUT2D eigenvalue weighted by Gasteiger charge is -2.39. The van der Waals surface area contributed by atoms with Gasteiger partial charge in [-0.25, -0.2) is 19.2 Å². The van der Waals surface area contributed by atoms with E-state index in [0.717, 1.165) is 5.56 Å². The summed E-state index contributed by atoms with van der Waals surface area (Å²) in [6, 6.07) is 7.74. The highest BCUT2D eigenvalue weighted by atomic mass is 16.6. The zero-order chi connectivity index (χ0) is 26.1. The molecule has 0 N–H and O–H groups in total. The molecule has 0 atom stereocenters. The number of benzene rings is 1. The summed E-state index contributed by atoms with van der Waals surface area (Å²) in [6.45, 7) is 6.38. The molecule has 35 heavy (non-hydrogen) atoms. The molecular formula is C26H31NO8. The molecular weight excluding hydrogens is 454 g/mol. The number of carbonyl (C=O) groups is 4. The molecule has 0 unspecified atom stereocenters. The van der Waals surface area contributed by atoms with Crippen molar-refractivity contribution in [2.75, 3.05) is 27.4 Å². The summed E-state index contributed by atoms with van der Waals surface area (Å²) >= 11 is 0. The molecule has 1 aromatic rings. The third kappa shape index (κ3) is 5.98. The Hall–Kier alpha value is -3.88. The Labute approximate surface area is 205 Å². The highest BCUT2D eigenvalue weighted by Gasteiger charge is 2.45. The first-order chi connectivity index (χ1) is 16.7. The smallest absolute Gasteiger partial charge is 0.340 e. The van der Waals surface area contributed by atoms with Crippen LogP contribution in [-0.2, 0) is 38.1 Å². The molecule has 0 spiro atoms. The van der Waals surface area contributed by atoms with Gasteiger partial charge in [0.2, 0.25) is 6.04 Å². The van der Waals surface area contributed by atoms with Crippen molar-refractivity contribution in [1.82, 2.24) is 4.90 Å². The van der Waals surface area contributed by atoms with Gasteiger partial charge in [0.25, 0.3) is 0 Å². The Bertz CT molecular complexity index is 996. The van der Waals surface area contributed by atoms with Crippen molar-refractivity contribution in [3.8, 4) is 0 Å². The van der Waals surface area contributed by atoms with Gasteiger partial charge in [-0.15, -0.1) is 0 Å². The van der Waals surface area contributed by atoms with Crippen LogP contribution in [0.5, 0.6) is 0 Å². The minimum Gasteiger partial charge on any atom is -0.466 e. The van der Waals surface area contributed by atoms with Crippen LogP contribution >= 0.6 is 0 Å². The summed E-state index contributed by atoms with van der Waals surface area (Å²) in [5, 5.41) is 0. The number of allylic oxidation sites excluding steroid dienone is 3. The molecule has 0 aliphatic carbocycles. The summed E-state index contributed by atoms with van der Waals surface area (Å²) < 4.78 is 20.3. The van der Waals surface area contributed by atoms with Crippen molar-refractivity contribution >= 4 is 30.0 Å². The number of carbonyl (C=O) groups excluding carboxylic acids is 4. The molecule has 1 aliphatic rings. The summed E-state index contributed by atoms with van der Waals surface area (Å²) in [5.74, 6) is -4.07. The van der Waals surface area contributed by atoms with Crippen LogP contribution in [0.2, 0.25) is 0 Å². The number of rotatable bonds is 9. The SMILES string of the molecule is CCOC(=O)C(C(=O)OCC)N1C(C)=C(C(=O)OC)C(/C=C/c2ccccc2)C(C(=O)OC)=C1C. The minimum atomic E-state index is -1.58. The van der Waals surface area contributed by atoms with Gasteiger partial charge < -0.3 is 23.8 Å². The topological polar surface area (TPSA) is 108 Å². The van der Waals surface area contributed by atoms with Gasteiger partial charge in [-0.3, -0.25) is 0 Å². The Morgan fingerprint density at radius 1 is 0.857 bits per heavy atom. The summed E-state index contributed by atoms with van der Waals surface area (Å²) in [4.78, 5) is 53.0. The highest BCUT2D eigenvalue weighted by Crippen LogP contribution is 2.39. The fraction of sp³-hybridized carbons (Fsp3) is 0.385. The first-order valence-corrected chi connectivity index (χ1v) is 11.2. The van der Waals surface area contributed by atoms with Crippen LogP contribution in [0.4, 0.5) is 0 Å². The second kappa shape index (κ2) is 12.5. The van der Waals surface area contributed by atoms with Crippen molar-refractivity contribution in [2.45, 2.75) is 33.7 Å². The van der Waals surface area contributed by atoms with Crippen molar-refractivity contribution in [3.63, 3.8) is 0 Å². The highest BCUT2D eigenvalue weighted by molar-refractivity contribution is 6.02. The van der Waals surface area contributed by atoms with E-state index in [0.29, 0.717) is 0 Å². The van der Waals surface area contributed by atoms with E-state index in [4.69, 9.17) is 18.9 Å². The van der Waals surface area contributed by atoms with E-state index in [1.54, 1.807) is 39.8 Å². The molecule has 0 radical (unpaired) electrons. The molecule has 2 rings (SSSR count). The van der Waals surface area contributed by atoms with Crippen molar-refractivity contribution in [3.05, 3.63) is 64.5 Å². The standard InChI is InChI=1S/C26H31NO8/c1-7-34-25(30)22(26(31)35-8-2)27-16(3)20(23(28)32-5)19(21(17(27)4)24(29)33-6)15-14-18-12-10-9-11-13-18/h9-15,19,22H,7-8H2,1-6H3/b15-14+. The fourth-order valence-electron chi connectivity index (χ4n) is 3.98. The first-order valence-electron chi connectivity index (χ1n) is 11.2. The molecule has 1 aromatic carbocycles. The van der Waals surface area contributed by atoms with Gasteiger partial charge in [-0.1, -0.05) is 42.5 Å². The van der Waals surface area contributed by atoms with Crippen LogP contribution in [0.3, 0.4) is 0 Å². The lowest BCUT2D eigenvalue weighted by atomic mass is 9.83. The van der Waals surface area contributed by atoms with Gasteiger partial charge in [0.1, 0.15) is 0 Å². The number of methoxy groups -OCH3 is 2. The van der Waals surface area contributed by atoms with Crippen molar-refractivity contribution in [2.24, 2.45) is 5.92 Å². The van der Waals surface area contributed by atoms with Crippen LogP contribution < -0.4 is 0 Å². The van der Waals surface area contributed by atoms with Gasteiger partial charge >= 0.3 is 23.9 Å². The second-order valence-corrected chi connectivity index (χ2v) is 7.51. The van der Waals surface area contributed by atoms with Crippen LogP contribution in [-0.4, -0.2) is 62.3 Å². The normalized spacial score (nSPS) is 14.4. The number of ether oxygens (including phenoxy) is 4. The number of hydrogen-bond acceptors (Lipinski definition) is 9. The van der Waals surface area contributed by atoms with Crippen molar-refractivity contribution in [1.29, 1.82) is 0 Å². The molecule has 9 nitrogen and oxygen atoms in total. The predicted molar refractivity (Wildman–Crippen MR) is 127 cm³/mol. The van der Waals surface area contributed by atoms with Crippen LogP contribution in [0.25, 0.3) is 6.08 Å². The zero-order valence-electron chi connectivity index (χ0n) is 20.8. The molecule has 188 valence electrons. The number of nitrogens with zero attached hydrogens (tertiary/aromatic N) is 1. The van der Waals surface area contributed by atoms with E-state index in [-0.39, 0.29) is 35.8 Å². The maximum atomic E-state index is 13.0. The van der Waals surface area contributed by atoms with Crippen LogP contribution in [0.15, 0.2) is 58.9 Å². The third-order valence-corrected chi connectivity index (χ3v) is 5.49. The monoisotopic (exact) mass is 485 g/mol. The second-order valence-electron chi connectivity index (χ2n) is 7.51. The Morgan fingerprint density at radius 3 is 1.71 bits per heavy atom. The summed E-state index contributed by atoms with van der Waals surface area (Å²) in [5.41, 5.74) is 1.48. The van der Waals surface area contributed by atoms with Gasteiger partial charge in [0.15, 0.2) is 0 Å². The van der Waals surface area contributed by atoms with Gasteiger partial charge in [0, 0.05) is 17.3 Å². The maximum Gasteiger partial charge on any atom is 0.340 e. The van der Waals surface area contributed by atoms with Gasteiger partial charge in [-0.05, 0) is 33.3 Å². The first kappa shape index (κ1) is 27.4. The molecule has 0 saturated carbocycles. The lowest BCUT2D eigenvalue weighted by molar-refractivity contribution is -0.162. The number of hydrogen-bond donors (Lipinski definition) is 0. The van der Waals surface area contributed by atoms with E-state index in [9.17, 15) is 19.2 Å². The Balaban J connectivity index is 2.80. The maximum absolute atomic E-state index is 13.0. The van der Waals surface area contributed by atoms with E-state index in [2.05, 4.69) is 0 Å². The minimum absolute atomic E-state index is 0.0181. The molecule has 9 heteroatoms. The third-order valence-electron chi connectivity index (χ3n) is 5.49. The lowest BCUT2D eigenvalue weighted by Crippen LogP contribution is -2.50. The molecule has 0 saturated heterocycles. The van der Waals surface area contributed by atoms with Crippen molar-refractivity contribution < 1.29 is 38.1 Å². The van der Waals surface area contributed by atoms with Gasteiger partial charge in [-0.2, -0.15) is 0 Å². The summed E-state index contributed by atoms with van der Waals surface area (Å²) in [7, 11) is 2.42. The average Bonchev–Trinajstić information content (AvgIpc) is 2.85. The average molecular weight is 486 g/mol. The zero-order valence-corrected chi connectivity index (χ0v) is 20.8. The molecule has 0 bridgehead atoms. The fourth-order valence-corrected chi connectivity index (χ4v) is 3.98. The molecule has 1 heterocycles. The van der Waals surface area contributed by atoms with E-state index < -0.39 is 35.8 Å². The Kier molecular flexibility index (Phi) is 9.81. The van der Waals surface area contributed by atoms with Crippen LogP contribution in [0.1, 0.15) is 33.3 Å². The largest absolute Gasteiger partial charge is 0.466 e. The van der Waals surface area contributed by atoms with Gasteiger partial charge in [0.05, 0.1) is 38.6 Å². The molecule has 0 aromatic heterocycles. The van der Waals surface area contributed by atoms with E-state index in [1.807, 2.05) is 30.3 Å². The van der Waals surface area contributed by atoms with Crippen LogP contribution in [0, 0.1) is 5.92 Å². The Morgan fingerprint density at radius 2 is 1.31 bits per heavy atom. The van der Waals surface area contributed by atoms with E-state index in [1.165, 1.54) is 19.1 Å². The predicted octanol–water partition coefficient (Wildman–Crippen LogP) is 3.02. The van der Waals surface area contributed by atoms with E-state index >= 15 is 0 Å². The molecule has 0 amide bonds. The summed E-state index contributed by atoms with van der Waals surface area (Å²) in [6.07, 6.45) is 3.45.